The van der Waals surface area contributed by atoms with E-state index in [2.05, 4.69) is 0 Å². The van der Waals surface area contributed by atoms with Crippen LogP contribution in [0.3, 0.4) is 0 Å². The summed E-state index contributed by atoms with van der Waals surface area (Å²) in [5.41, 5.74) is 0.761. The summed E-state index contributed by atoms with van der Waals surface area (Å²) in [6.07, 6.45) is -1.01. The van der Waals surface area contributed by atoms with Gasteiger partial charge in [0.1, 0.15) is 12.4 Å². The topological polar surface area (TPSA) is 81.7 Å². The van der Waals surface area contributed by atoms with E-state index in [1.807, 2.05) is 6.07 Å². The Hall–Kier alpha value is -3.15. The van der Waals surface area contributed by atoms with E-state index >= 15 is 0 Å². The van der Waals surface area contributed by atoms with Crippen molar-refractivity contribution in [1.82, 2.24) is 5.32 Å². The van der Waals surface area contributed by atoms with Crippen molar-refractivity contribution in [2.45, 2.75) is 6.61 Å². The molecule has 0 radical (unpaired) electrons. The molecule has 0 aliphatic carbocycles. The molecular formula is C16H13NO5. The number of para-hydroxylation sites is 1. The third kappa shape index (κ3) is 4.75. The molecule has 6 nitrogen and oxygen atoms in total. The van der Waals surface area contributed by atoms with Crippen molar-refractivity contribution in [1.29, 1.82) is 0 Å². The third-order valence-corrected chi connectivity index (χ3v) is 2.57. The second-order valence-corrected chi connectivity index (χ2v) is 4.22. The Balaban J connectivity index is 1.78. The molecule has 112 valence electrons. The highest BCUT2D eigenvalue weighted by Gasteiger charge is 2.19. The number of imide groups is 1. The molecule has 2 rings (SSSR count). The molecule has 0 atom stereocenters. The Labute approximate surface area is 126 Å². The number of alkyl carbamates (subject to hydrolysis) is 1. The lowest BCUT2D eigenvalue weighted by Gasteiger charge is -2.06. The van der Waals surface area contributed by atoms with Crippen LogP contribution in [-0.4, -0.2) is 18.0 Å². The molecule has 0 fully saturated rings. The Bertz CT molecular complexity index is 655. The number of amides is 2. The van der Waals surface area contributed by atoms with Crippen LogP contribution in [0.5, 0.6) is 5.75 Å². The lowest BCUT2D eigenvalue weighted by Crippen LogP contribution is -2.38. The number of carbonyl (C=O) groups excluding carboxylic acids is 3. The minimum absolute atomic E-state index is 0.00626. The molecule has 2 aromatic rings. The monoisotopic (exact) mass is 299 g/mol. The zero-order valence-electron chi connectivity index (χ0n) is 11.5. The number of hydrogen-bond acceptors (Lipinski definition) is 5. The van der Waals surface area contributed by atoms with Gasteiger partial charge in [-0.15, -0.1) is 0 Å². The normalized spacial score (nSPS) is 9.64. The SMILES string of the molecule is O=C(NC(=O)C(=O)Oc1ccccc1)OCc1ccccc1. The van der Waals surface area contributed by atoms with E-state index in [9.17, 15) is 14.4 Å². The molecule has 2 aromatic carbocycles. The Morgan fingerprint density at radius 2 is 1.45 bits per heavy atom. The molecule has 0 spiro atoms. The number of carbonyl (C=O) groups is 3. The van der Waals surface area contributed by atoms with Gasteiger partial charge in [0.05, 0.1) is 0 Å². The van der Waals surface area contributed by atoms with Gasteiger partial charge in [-0.2, -0.15) is 0 Å². The van der Waals surface area contributed by atoms with Crippen molar-refractivity contribution in [2.24, 2.45) is 0 Å². The first-order valence-corrected chi connectivity index (χ1v) is 6.44. The lowest BCUT2D eigenvalue weighted by atomic mass is 10.2. The van der Waals surface area contributed by atoms with Crippen LogP contribution >= 0.6 is 0 Å². The van der Waals surface area contributed by atoms with Crippen LogP contribution in [0.15, 0.2) is 60.7 Å². The van der Waals surface area contributed by atoms with Gasteiger partial charge in [-0.25, -0.2) is 9.59 Å². The van der Waals surface area contributed by atoms with Crippen molar-refractivity contribution in [3.63, 3.8) is 0 Å². The zero-order chi connectivity index (χ0) is 15.8. The van der Waals surface area contributed by atoms with Gasteiger partial charge in [-0.1, -0.05) is 48.5 Å². The summed E-state index contributed by atoms with van der Waals surface area (Å²) in [5.74, 6) is -2.18. The number of nitrogens with one attached hydrogen (secondary N) is 1. The predicted molar refractivity (Wildman–Crippen MR) is 76.8 cm³/mol. The van der Waals surface area contributed by atoms with Crippen molar-refractivity contribution in [3.05, 3.63) is 66.2 Å². The average Bonchev–Trinajstić information content (AvgIpc) is 2.55. The highest BCUT2D eigenvalue weighted by molar-refractivity contribution is 6.35. The van der Waals surface area contributed by atoms with Gasteiger partial charge in [-0.3, -0.25) is 10.1 Å². The first-order chi connectivity index (χ1) is 10.6. The second kappa shape index (κ2) is 7.58. The van der Waals surface area contributed by atoms with Gasteiger partial charge in [0.2, 0.25) is 0 Å². The summed E-state index contributed by atoms with van der Waals surface area (Å²) in [6.45, 7) is -0.00626. The van der Waals surface area contributed by atoms with Gasteiger partial charge in [-0.05, 0) is 17.7 Å². The number of ether oxygens (including phenoxy) is 2. The van der Waals surface area contributed by atoms with Crippen molar-refractivity contribution in [2.75, 3.05) is 0 Å². The molecule has 0 heterocycles. The van der Waals surface area contributed by atoms with Crippen LogP contribution in [0.25, 0.3) is 0 Å². The molecule has 2 amide bonds. The Morgan fingerprint density at radius 1 is 0.864 bits per heavy atom. The maximum Gasteiger partial charge on any atom is 0.414 e. The molecule has 6 heteroatoms. The average molecular weight is 299 g/mol. The van der Waals surface area contributed by atoms with Gasteiger partial charge in [0.15, 0.2) is 0 Å². The molecule has 22 heavy (non-hydrogen) atoms. The largest absolute Gasteiger partial charge is 0.444 e. The van der Waals surface area contributed by atoms with Crippen molar-refractivity contribution < 1.29 is 23.9 Å². The van der Waals surface area contributed by atoms with E-state index in [4.69, 9.17) is 9.47 Å². The molecule has 0 unspecified atom stereocenters. The van der Waals surface area contributed by atoms with Crippen LogP contribution in [0.1, 0.15) is 5.56 Å². The van der Waals surface area contributed by atoms with Crippen molar-refractivity contribution in [3.8, 4) is 5.75 Å². The van der Waals surface area contributed by atoms with E-state index in [0.29, 0.717) is 0 Å². The fourth-order valence-corrected chi connectivity index (χ4v) is 1.54. The lowest BCUT2D eigenvalue weighted by molar-refractivity contribution is -0.147. The number of hydrogen-bond donors (Lipinski definition) is 1. The maximum atomic E-state index is 11.5. The molecular weight excluding hydrogens is 286 g/mol. The van der Waals surface area contributed by atoms with E-state index in [1.54, 1.807) is 47.8 Å². The van der Waals surface area contributed by atoms with E-state index in [-0.39, 0.29) is 12.4 Å². The molecule has 1 N–H and O–H groups in total. The zero-order valence-corrected chi connectivity index (χ0v) is 11.5. The minimum Gasteiger partial charge on any atom is -0.444 e. The smallest absolute Gasteiger partial charge is 0.414 e. The second-order valence-electron chi connectivity index (χ2n) is 4.22. The Morgan fingerprint density at radius 3 is 2.09 bits per heavy atom. The van der Waals surface area contributed by atoms with Crippen LogP contribution < -0.4 is 10.1 Å². The summed E-state index contributed by atoms with van der Waals surface area (Å²) in [4.78, 5) is 34.4. The molecule has 0 bridgehead atoms. The van der Waals surface area contributed by atoms with Crippen LogP contribution in [-0.2, 0) is 20.9 Å². The molecule has 0 saturated carbocycles. The van der Waals surface area contributed by atoms with Crippen LogP contribution in [0.2, 0.25) is 0 Å². The van der Waals surface area contributed by atoms with Crippen LogP contribution in [0, 0.1) is 0 Å². The van der Waals surface area contributed by atoms with Crippen LogP contribution in [0.4, 0.5) is 4.79 Å². The highest BCUT2D eigenvalue weighted by Crippen LogP contribution is 2.08. The fraction of sp³-hybridized carbons (Fsp3) is 0.0625. The molecule has 0 aliphatic rings. The highest BCUT2D eigenvalue weighted by atomic mass is 16.6. The van der Waals surface area contributed by atoms with Crippen molar-refractivity contribution >= 4 is 18.0 Å². The van der Waals surface area contributed by atoms with Gasteiger partial charge in [0.25, 0.3) is 0 Å². The number of esters is 1. The van der Waals surface area contributed by atoms with Gasteiger partial charge in [0, 0.05) is 0 Å². The van der Waals surface area contributed by atoms with E-state index in [0.717, 1.165) is 5.56 Å². The molecule has 0 aliphatic heterocycles. The summed E-state index contributed by atoms with van der Waals surface area (Å²) in [7, 11) is 0. The summed E-state index contributed by atoms with van der Waals surface area (Å²) >= 11 is 0. The summed E-state index contributed by atoms with van der Waals surface area (Å²) in [6, 6.07) is 17.0. The number of benzene rings is 2. The first kappa shape index (κ1) is 15.2. The van der Waals surface area contributed by atoms with E-state index in [1.165, 1.54) is 12.1 Å². The summed E-state index contributed by atoms with van der Waals surface area (Å²) in [5, 5.41) is 1.80. The first-order valence-electron chi connectivity index (χ1n) is 6.44. The van der Waals surface area contributed by atoms with Gasteiger partial charge >= 0.3 is 18.0 Å². The third-order valence-electron chi connectivity index (χ3n) is 2.57. The standard InChI is InChI=1S/C16H13NO5/c18-14(15(19)22-13-9-5-2-6-10-13)17-16(20)21-11-12-7-3-1-4-8-12/h1-10H,11H2,(H,17,18,20). The maximum absolute atomic E-state index is 11.5. The fourth-order valence-electron chi connectivity index (χ4n) is 1.54. The minimum atomic E-state index is -1.19. The van der Waals surface area contributed by atoms with E-state index < -0.39 is 18.0 Å². The number of rotatable bonds is 3. The predicted octanol–water partition coefficient (Wildman–Crippen LogP) is 2.04. The molecule has 0 aromatic heterocycles. The molecule has 0 saturated heterocycles. The quantitative estimate of drug-likeness (QED) is 0.533. The summed E-state index contributed by atoms with van der Waals surface area (Å²) < 4.78 is 9.60. The Kier molecular flexibility index (Phi) is 5.25. The van der Waals surface area contributed by atoms with Gasteiger partial charge < -0.3 is 9.47 Å².